The van der Waals surface area contributed by atoms with Gasteiger partial charge in [-0.2, -0.15) is 13.2 Å². The van der Waals surface area contributed by atoms with E-state index < -0.39 is 47.6 Å². The van der Waals surface area contributed by atoms with Crippen molar-refractivity contribution in [1.82, 2.24) is 0 Å². The molecule has 0 amide bonds. The normalized spacial score (nSPS) is 14.7. The van der Waals surface area contributed by atoms with Gasteiger partial charge in [0, 0.05) is 28.4 Å². The number of hydrogen-bond donors (Lipinski definition) is 2. The number of alkyl halides is 3. The third-order valence-electron chi connectivity index (χ3n) is 8.06. The Bertz CT molecular complexity index is 1430. The van der Waals surface area contributed by atoms with Gasteiger partial charge in [-0.3, -0.25) is 4.79 Å². The van der Waals surface area contributed by atoms with E-state index in [1.165, 1.54) is 18.9 Å². The fourth-order valence-electron chi connectivity index (χ4n) is 5.19. The molecule has 0 aliphatic heterocycles. The van der Waals surface area contributed by atoms with Crippen LogP contribution in [-0.2, 0) is 16.0 Å². The fourth-order valence-corrected chi connectivity index (χ4v) is 5.19. The fraction of sp³-hybridized carbons (Fsp3) is 0.571. The van der Waals surface area contributed by atoms with E-state index in [1.54, 1.807) is 53.0 Å². The van der Waals surface area contributed by atoms with Crippen molar-refractivity contribution in [2.45, 2.75) is 97.8 Å². The Labute approximate surface area is 264 Å². The first-order valence-corrected chi connectivity index (χ1v) is 15.5. The highest BCUT2D eigenvalue weighted by Crippen LogP contribution is 2.38. The number of halogens is 3. The Hall–Kier alpha value is -3.24. The molecule has 1 heterocycles. The highest BCUT2D eigenvalue weighted by molar-refractivity contribution is 5.85. The summed E-state index contributed by atoms with van der Waals surface area (Å²) in [6.45, 7) is 9.48. The lowest BCUT2D eigenvalue weighted by molar-refractivity contribution is -0.179. The van der Waals surface area contributed by atoms with E-state index in [-0.39, 0.29) is 6.61 Å². The lowest BCUT2D eigenvalue weighted by atomic mass is 9.79. The molecule has 0 aliphatic rings. The second-order valence-electron chi connectivity index (χ2n) is 13.8. The van der Waals surface area contributed by atoms with Crippen molar-refractivity contribution < 1.29 is 36.6 Å². The first-order valence-electron chi connectivity index (χ1n) is 15.5. The van der Waals surface area contributed by atoms with Crippen LogP contribution < -0.4 is 20.9 Å². The molecule has 4 N–H and O–H groups in total. The molecule has 0 bridgehead atoms. The quantitative estimate of drug-likeness (QED) is 0.121. The van der Waals surface area contributed by atoms with Gasteiger partial charge in [0.2, 0.25) is 0 Å². The molecule has 0 aliphatic carbocycles. The smallest absolute Gasteiger partial charge is 0.389 e. The van der Waals surface area contributed by atoms with Gasteiger partial charge in [0.1, 0.15) is 29.4 Å². The second kappa shape index (κ2) is 14.5. The van der Waals surface area contributed by atoms with Crippen molar-refractivity contribution in [2.75, 3.05) is 20.3 Å². The molecule has 0 radical (unpaired) electrons. The summed E-state index contributed by atoms with van der Waals surface area (Å²) < 4.78 is 64.0. The maximum Gasteiger partial charge on any atom is 0.389 e. The van der Waals surface area contributed by atoms with Gasteiger partial charge in [0.15, 0.2) is 0 Å². The van der Waals surface area contributed by atoms with Crippen molar-refractivity contribution in [3.63, 3.8) is 0 Å². The standard InChI is InChI=1S/C35H49F3N2O5/c1-8-9-10-11-23-12-15-26(28(16-23)42-7)29-17-24-13-14-25(18-27(24)45-29)43-21-34(6,20-35(36,37)38)22-44-31(41)33(4,5)30(39)19-32(2,3)40/h12-18,30H,8-11,19-22,39-40H2,1-7H3. The van der Waals surface area contributed by atoms with E-state index >= 15 is 0 Å². The summed E-state index contributed by atoms with van der Waals surface area (Å²) in [5, 5.41) is 0.803. The van der Waals surface area contributed by atoms with Crippen molar-refractivity contribution >= 4 is 16.9 Å². The lowest BCUT2D eigenvalue weighted by Gasteiger charge is -2.35. The molecular formula is C35H49F3N2O5. The number of ether oxygens (including phenoxy) is 3. The molecule has 0 saturated carbocycles. The third kappa shape index (κ3) is 10.4. The van der Waals surface area contributed by atoms with Crippen LogP contribution in [0.4, 0.5) is 13.2 Å². The number of furan rings is 1. The molecular weight excluding hydrogens is 585 g/mol. The van der Waals surface area contributed by atoms with Gasteiger partial charge in [-0.05, 0) is 82.9 Å². The molecule has 45 heavy (non-hydrogen) atoms. The van der Waals surface area contributed by atoms with Crippen molar-refractivity contribution in [2.24, 2.45) is 22.3 Å². The third-order valence-corrected chi connectivity index (χ3v) is 8.06. The molecule has 3 aromatic rings. The topological polar surface area (TPSA) is 110 Å². The van der Waals surface area contributed by atoms with E-state index in [2.05, 4.69) is 13.0 Å². The summed E-state index contributed by atoms with van der Waals surface area (Å²) in [6, 6.07) is 12.4. The molecule has 2 aromatic carbocycles. The summed E-state index contributed by atoms with van der Waals surface area (Å²) in [6.07, 6.45) is -1.00. The Balaban J connectivity index is 1.75. The first-order chi connectivity index (χ1) is 20.9. The van der Waals surface area contributed by atoms with Gasteiger partial charge >= 0.3 is 12.1 Å². The first kappa shape index (κ1) is 36.2. The lowest BCUT2D eigenvalue weighted by Crippen LogP contribution is -2.50. The van der Waals surface area contributed by atoms with E-state index in [4.69, 9.17) is 30.1 Å². The average Bonchev–Trinajstić information content (AvgIpc) is 3.36. The SMILES string of the molecule is CCCCCc1ccc(-c2cc3ccc(OCC(C)(COC(=O)C(C)(C)C(N)CC(C)(C)N)CC(F)(F)F)cc3o2)c(OC)c1. The summed E-state index contributed by atoms with van der Waals surface area (Å²) in [4.78, 5) is 13.0. The van der Waals surface area contributed by atoms with E-state index in [9.17, 15) is 18.0 Å². The zero-order chi connectivity index (χ0) is 33.6. The van der Waals surface area contributed by atoms with Gasteiger partial charge in [-0.15, -0.1) is 0 Å². The largest absolute Gasteiger partial charge is 0.496 e. The molecule has 0 saturated heterocycles. The van der Waals surface area contributed by atoms with Crippen molar-refractivity contribution in [3.8, 4) is 22.8 Å². The summed E-state index contributed by atoms with van der Waals surface area (Å²) >= 11 is 0. The number of methoxy groups -OCH3 is 1. The van der Waals surface area contributed by atoms with Gasteiger partial charge < -0.3 is 30.1 Å². The van der Waals surface area contributed by atoms with Crippen LogP contribution in [-0.4, -0.2) is 44.0 Å². The number of nitrogens with two attached hydrogens (primary N) is 2. The van der Waals surface area contributed by atoms with Crippen LogP contribution in [0.15, 0.2) is 46.9 Å². The predicted octanol–water partition coefficient (Wildman–Crippen LogP) is 8.20. The number of fused-ring (bicyclic) bond motifs is 1. The highest BCUT2D eigenvalue weighted by Gasteiger charge is 2.43. The number of aryl methyl sites for hydroxylation is 1. The molecule has 10 heteroatoms. The number of esters is 1. The molecule has 2 unspecified atom stereocenters. The van der Waals surface area contributed by atoms with Crippen LogP contribution in [0.25, 0.3) is 22.3 Å². The van der Waals surface area contributed by atoms with Crippen LogP contribution in [0, 0.1) is 10.8 Å². The van der Waals surface area contributed by atoms with Crippen LogP contribution in [0.3, 0.4) is 0 Å². The Kier molecular flexibility index (Phi) is 11.6. The number of benzene rings is 2. The molecule has 1 aromatic heterocycles. The summed E-state index contributed by atoms with van der Waals surface area (Å²) in [5.74, 6) is 0.940. The van der Waals surface area contributed by atoms with Crippen LogP contribution in [0.2, 0.25) is 0 Å². The average molecular weight is 635 g/mol. The number of carbonyl (C=O) groups excluding carboxylic acids is 1. The number of unbranched alkanes of at least 4 members (excludes halogenated alkanes) is 2. The van der Waals surface area contributed by atoms with E-state index in [0.717, 1.165) is 30.2 Å². The Morgan fingerprint density at radius 2 is 1.69 bits per heavy atom. The van der Waals surface area contributed by atoms with E-state index in [0.29, 0.717) is 29.3 Å². The molecule has 2 atom stereocenters. The molecule has 7 nitrogen and oxygen atoms in total. The van der Waals surface area contributed by atoms with Crippen LogP contribution in [0.5, 0.6) is 11.5 Å². The predicted molar refractivity (Wildman–Crippen MR) is 171 cm³/mol. The van der Waals surface area contributed by atoms with Gasteiger partial charge in [-0.1, -0.05) is 32.8 Å². The van der Waals surface area contributed by atoms with Gasteiger partial charge in [0.05, 0.1) is 31.1 Å². The molecule has 3 rings (SSSR count). The van der Waals surface area contributed by atoms with Crippen molar-refractivity contribution in [3.05, 3.63) is 48.0 Å². The highest BCUT2D eigenvalue weighted by atomic mass is 19.4. The minimum Gasteiger partial charge on any atom is -0.496 e. The Morgan fingerprint density at radius 3 is 2.31 bits per heavy atom. The monoisotopic (exact) mass is 634 g/mol. The number of rotatable bonds is 16. The maximum atomic E-state index is 13.6. The Morgan fingerprint density at radius 1 is 0.978 bits per heavy atom. The maximum absolute atomic E-state index is 13.6. The number of hydrogen-bond acceptors (Lipinski definition) is 7. The number of carbonyl (C=O) groups is 1. The molecule has 250 valence electrons. The van der Waals surface area contributed by atoms with Crippen molar-refractivity contribution in [1.29, 1.82) is 0 Å². The zero-order valence-electron chi connectivity index (χ0n) is 27.6. The van der Waals surface area contributed by atoms with Gasteiger partial charge in [0.25, 0.3) is 0 Å². The zero-order valence-corrected chi connectivity index (χ0v) is 27.6. The molecule has 0 fully saturated rings. The summed E-state index contributed by atoms with van der Waals surface area (Å²) in [7, 11) is 1.62. The van der Waals surface area contributed by atoms with E-state index in [1.807, 2.05) is 18.2 Å². The summed E-state index contributed by atoms with van der Waals surface area (Å²) in [5.41, 5.74) is 11.5. The molecule has 0 spiro atoms. The second-order valence-corrected chi connectivity index (χ2v) is 13.8. The minimum absolute atomic E-state index is 0.326. The minimum atomic E-state index is -4.51. The van der Waals surface area contributed by atoms with Gasteiger partial charge in [-0.25, -0.2) is 0 Å². The van der Waals surface area contributed by atoms with Crippen LogP contribution in [0.1, 0.15) is 79.2 Å². The van der Waals surface area contributed by atoms with Crippen LogP contribution >= 0.6 is 0 Å².